The summed E-state index contributed by atoms with van der Waals surface area (Å²) in [7, 11) is -0.701. The Labute approximate surface area is 123 Å². The van der Waals surface area contributed by atoms with E-state index in [0.29, 0.717) is 6.04 Å². The summed E-state index contributed by atoms with van der Waals surface area (Å²) in [5, 5.41) is 3.86. The highest BCUT2D eigenvalue weighted by Crippen LogP contribution is 2.32. The Hall–Kier alpha value is -0.190. The lowest BCUT2D eigenvalue weighted by molar-refractivity contribution is 0.559. The third-order valence-corrected chi connectivity index (χ3v) is 6.80. The van der Waals surface area contributed by atoms with Gasteiger partial charge < -0.3 is 5.32 Å². The fourth-order valence-corrected chi connectivity index (χ4v) is 4.23. The SMILES string of the molecule is CC(NCCC(C)S(C)=O)c1cc2c(s1)CCCC2. The molecule has 0 aliphatic heterocycles. The van der Waals surface area contributed by atoms with Crippen LogP contribution in [-0.2, 0) is 23.6 Å². The number of hydrogen-bond donors (Lipinski definition) is 1. The van der Waals surface area contributed by atoms with Crippen molar-refractivity contribution in [2.75, 3.05) is 12.8 Å². The number of thiophene rings is 1. The van der Waals surface area contributed by atoms with Crippen molar-refractivity contribution in [3.63, 3.8) is 0 Å². The van der Waals surface area contributed by atoms with Crippen LogP contribution in [-0.4, -0.2) is 22.3 Å². The molecule has 1 aromatic rings. The van der Waals surface area contributed by atoms with Gasteiger partial charge in [0, 0.05) is 38.1 Å². The number of nitrogens with one attached hydrogen (secondary N) is 1. The van der Waals surface area contributed by atoms with Gasteiger partial charge in [-0.1, -0.05) is 6.92 Å². The number of aryl methyl sites for hydroxylation is 2. The highest BCUT2D eigenvalue weighted by molar-refractivity contribution is 7.84. The van der Waals surface area contributed by atoms with Gasteiger partial charge in [-0.3, -0.25) is 4.21 Å². The van der Waals surface area contributed by atoms with E-state index in [1.807, 2.05) is 11.3 Å². The van der Waals surface area contributed by atoms with Gasteiger partial charge in [0.1, 0.15) is 0 Å². The zero-order valence-corrected chi connectivity index (χ0v) is 13.8. The molecule has 0 fully saturated rings. The lowest BCUT2D eigenvalue weighted by Gasteiger charge is -2.14. The van der Waals surface area contributed by atoms with E-state index in [-0.39, 0.29) is 5.25 Å². The lowest BCUT2D eigenvalue weighted by Crippen LogP contribution is -2.23. The Balaban J connectivity index is 1.84. The Bertz CT molecular complexity index is 418. The molecule has 0 saturated carbocycles. The molecule has 108 valence electrons. The van der Waals surface area contributed by atoms with E-state index in [2.05, 4.69) is 25.2 Å². The molecule has 0 spiro atoms. The molecule has 2 rings (SSSR count). The molecular weight excluding hydrogens is 274 g/mol. The van der Waals surface area contributed by atoms with Gasteiger partial charge in [0.25, 0.3) is 0 Å². The van der Waals surface area contributed by atoms with Crippen LogP contribution in [0.2, 0.25) is 0 Å². The highest BCUT2D eigenvalue weighted by atomic mass is 32.2. The molecule has 1 aliphatic rings. The zero-order chi connectivity index (χ0) is 13.8. The second kappa shape index (κ2) is 7.00. The van der Waals surface area contributed by atoms with Gasteiger partial charge in [-0.25, -0.2) is 0 Å². The normalized spacial score (nSPS) is 19.7. The van der Waals surface area contributed by atoms with Gasteiger partial charge in [0.2, 0.25) is 0 Å². The van der Waals surface area contributed by atoms with Crippen molar-refractivity contribution in [2.45, 2.75) is 57.2 Å². The molecule has 0 saturated heterocycles. The fourth-order valence-electron chi connectivity index (χ4n) is 2.50. The molecule has 0 radical (unpaired) electrons. The molecule has 1 aromatic heterocycles. The average molecular weight is 300 g/mol. The second-order valence-corrected chi connectivity index (χ2v) is 8.55. The number of rotatable bonds is 6. The summed E-state index contributed by atoms with van der Waals surface area (Å²) in [5.74, 6) is 0. The first-order valence-corrected chi connectivity index (χ1v) is 9.68. The summed E-state index contributed by atoms with van der Waals surface area (Å²) in [5.41, 5.74) is 1.59. The molecule has 19 heavy (non-hydrogen) atoms. The van der Waals surface area contributed by atoms with E-state index in [1.54, 1.807) is 16.7 Å². The molecule has 4 heteroatoms. The molecule has 0 aromatic carbocycles. The predicted molar refractivity (Wildman–Crippen MR) is 85.5 cm³/mol. The van der Waals surface area contributed by atoms with Crippen LogP contribution in [0.5, 0.6) is 0 Å². The van der Waals surface area contributed by atoms with Crippen molar-refractivity contribution >= 4 is 22.1 Å². The molecule has 3 unspecified atom stereocenters. The zero-order valence-electron chi connectivity index (χ0n) is 12.2. The van der Waals surface area contributed by atoms with Crippen LogP contribution in [0.25, 0.3) is 0 Å². The summed E-state index contributed by atoms with van der Waals surface area (Å²) < 4.78 is 11.3. The van der Waals surface area contributed by atoms with Gasteiger partial charge in [-0.15, -0.1) is 11.3 Å². The van der Waals surface area contributed by atoms with E-state index in [1.165, 1.54) is 30.6 Å². The molecule has 1 N–H and O–H groups in total. The van der Waals surface area contributed by atoms with E-state index < -0.39 is 10.8 Å². The molecule has 0 amide bonds. The highest BCUT2D eigenvalue weighted by Gasteiger charge is 2.16. The fraction of sp³-hybridized carbons (Fsp3) is 0.733. The van der Waals surface area contributed by atoms with Crippen LogP contribution in [0, 0.1) is 0 Å². The Morgan fingerprint density at radius 1 is 1.37 bits per heavy atom. The first kappa shape index (κ1) is 15.2. The van der Waals surface area contributed by atoms with Crippen LogP contribution in [0.1, 0.15) is 54.5 Å². The minimum absolute atomic E-state index is 0.288. The van der Waals surface area contributed by atoms with Crippen molar-refractivity contribution in [1.82, 2.24) is 5.32 Å². The van der Waals surface area contributed by atoms with Gasteiger partial charge in [-0.05, 0) is 57.2 Å². The van der Waals surface area contributed by atoms with Crippen molar-refractivity contribution in [3.05, 3.63) is 21.4 Å². The molecule has 0 bridgehead atoms. The quantitative estimate of drug-likeness (QED) is 0.872. The van der Waals surface area contributed by atoms with Gasteiger partial charge in [0.05, 0.1) is 0 Å². The topological polar surface area (TPSA) is 29.1 Å². The predicted octanol–water partition coefficient (Wildman–Crippen LogP) is 3.43. The molecule has 3 atom stereocenters. The molecular formula is C15H25NOS2. The van der Waals surface area contributed by atoms with Gasteiger partial charge in [-0.2, -0.15) is 0 Å². The maximum absolute atomic E-state index is 11.3. The number of hydrogen-bond acceptors (Lipinski definition) is 3. The van der Waals surface area contributed by atoms with Crippen molar-refractivity contribution < 1.29 is 4.21 Å². The smallest absolute Gasteiger partial charge is 0.0386 e. The van der Waals surface area contributed by atoms with Gasteiger partial charge in [0.15, 0.2) is 0 Å². The Kier molecular flexibility index (Phi) is 5.60. The Morgan fingerprint density at radius 3 is 2.79 bits per heavy atom. The van der Waals surface area contributed by atoms with Crippen LogP contribution in [0.15, 0.2) is 6.07 Å². The third-order valence-electron chi connectivity index (χ3n) is 4.01. The van der Waals surface area contributed by atoms with Crippen LogP contribution in [0.3, 0.4) is 0 Å². The van der Waals surface area contributed by atoms with Crippen LogP contribution < -0.4 is 5.32 Å². The summed E-state index contributed by atoms with van der Waals surface area (Å²) >= 11 is 1.99. The first-order chi connectivity index (χ1) is 9.08. The summed E-state index contributed by atoms with van der Waals surface area (Å²) in [6.07, 6.45) is 8.03. The average Bonchev–Trinajstić information content (AvgIpc) is 2.82. The van der Waals surface area contributed by atoms with E-state index in [0.717, 1.165) is 13.0 Å². The minimum atomic E-state index is -0.701. The van der Waals surface area contributed by atoms with Crippen molar-refractivity contribution in [3.8, 4) is 0 Å². The van der Waals surface area contributed by atoms with Crippen LogP contribution >= 0.6 is 11.3 Å². The van der Waals surface area contributed by atoms with Crippen molar-refractivity contribution in [2.24, 2.45) is 0 Å². The summed E-state index contributed by atoms with van der Waals surface area (Å²) in [6, 6.07) is 2.83. The maximum Gasteiger partial charge on any atom is 0.0386 e. The molecule has 1 aliphatic carbocycles. The van der Waals surface area contributed by atoms with Crippen LogP contribution in [0.4, 0.5) is 0 Å². The monoisotopic (exact) mass is 299 g/mol. The maximum atomic E-state index is 11.3. The molecule has 1 heterocycles. The van der Waals surface area contributed by atoms with E-state index in [9.17, 15) is 4.21 Å². The molecule has 2 nitrogen and oxygen atoms in total. The standard InChI is InChI=1S/C15H25NOS2/c1-11(19(3)17)8-9-16-12(2)15-10-13-6-4-5-7-14(13)18-15/h10-12,16H,4-9H2,1-3H3. The third kappa shape index (κ3) is 4.14. The lowest BCUT2D eigenvalue weighted by atomic mass is 9.99. The van der Waals surface area contributed by atoms with E-state index in [4.69, 9.17) is 0 Å². The largest absolute Gasteiger partial charge is 0.309 e. The van der Waals surface area contributed by atoms with Gasteiger partial charge >= 0.3 is 0 Å². The summed E-state index contributed by atoms with van der Waals surface area (Å²) in [6.45, 7) is 5.25. The second-order valence-electron chi connectivity index (χ2n) is 5.58. The minimum Gasteiger partial charge on any atom is -0.309 e. The summed E-state index contributed by atoms with van der Waals surface area (Å²) in [4.78, 5) is 3.08. The van der Waals surface area contributed by atoms with Crippen molar-refractivity contribution in [1.29, 1.82) is 0 Å². The first-order valence-electron chi connectivity index (χ1n) is 7.25. The van der Waals surface area contributed by atoms with E-state index >= 15 is 0 Å². The number of fused-ring (bicyclic) bond motifs is 1. The Morgan fingerprint density at radius 2 is 2.11 bits per heavy atom.